The summed E-state index contributed by atoms with van der Waals surface area (Å²) in [5.74, 6) is -0.638. The van der Waals surface area contributed by atoms with Crippen molar-refractivity contribution in [1.82, 2.24) is 15.1 Å². The van der Waals surface area contributed by atoms with Gasteiger partial charge in [0.15, 0.2) is 0 Å². The highest BCUT2D eigenvalue weighted by atomic mass is 32.2. The molecule has 2 saturated heterocycles. The van der Waals surface area contributed by atoms with Gasteiger partial charge in [-0.3, -0.25) is 24.5 Å². The number of nitrogens with one attached hydrogen (secondary N) is 1. The lowest BCUT2D eigenvalue weighted by molar-refractivity contribution is -0.139. The Balaban J connectivity index is 1.69. The summed E-state index contributed by atoms with van der Waals surface area (Å²) in [5.41, 5.74) is 1.01. The molecule has 0 unspecified atom stereocenters. The molecule has 9 heteroatoms. The van der Waals surface area contributed by atoms with Crippen LogP contribution < -0.4 is 5.32 Å². The van der Waals surface area contributed by atoms with Gasteiger partial charge in [-0.2, -0.15) is 0 Å². The molecular weight excluding hydrogens is 406 g/mol. The largest absolute Gasteiger partial charge is 0.370 e. The van der Waals surface area contributed by atoms with Crippen molar-refractivity contribution in [2.75, 3.05) is 26.2 Å². The Bertz CT molecular complexity index is 801. The Morgan fingerprint density at radius 2 is 1.93 bits per heavy atom. The van der Waals surface area contributed by atoms with Crippen molar-refractivity contribution in [2.24, 2.45) is 5.92 Å². The van der Waals surface area contributed by atoms with Crippen molar-refractivity contribution >= 4 is 34.7 Å². The van der Waals surface area contributed by atoms with Crippen LogP contribution in [0.2, 0.25) is 0 Å². The zero-order valence-electron chi connectivity index (χ0n) is 17.2. The van der Waals surface area contributed by atoms with E-state index in [1.54, 1.807) is 4.90 Å². The van der Waals surface area contributed by atoms with Crippen LogP contribution in [0.5, 0.6) is 0 Å². The third-order valence-electron chi connectivity index (χ3n) is 4.92. The topological polar surface area (TPSA) is 96.0 Å². The molecule has 30 heavy (non-hydrogen) atoms. The molecule has 2 heterocycles. The van der Waals surface area contributed by atoms with E-state index in [0.29, 0.717) is 19.7 Å². The number of carbonyl (C=O) groups excluding carboxylic acids is 4. The summed E-state index contributed by atoms with van der Waals surface area (Å²) in [7, 11) is 0. The van der Waals surface area contributed by atoms with E-state index in [9.17, 15) is 19.2 Å². The van der Waals surface area contributed by atoms with Crippen LogP contribution in [0.15, 0.2) is 30.3 Å². The molecule has 1 N–H and O–H groups in total. The summed E-state index contributed by atoms with van der Waals surface area (Å²) < 4.78 is 6.07. The molecular formula is C21H27N3O5S. The molecule has 0 bridgehead atoms. The molecule has 4 amide bonds. The van der Waals surface area contributed by atoms with Crippen molar-refractivity contribution in [1.29, 1.82) is 0 Å². The minimum absolute atomic E-state index is 0.0519. The Morgan fingerprint density at radius 1 is 1.20 bits per heavy atom. The lowest BCUT2D eigenvalue weighted by atomic mass is 10.2. The number of ether oxygens (including phenoxy) is 1. The number of thioether (sulfide) groups is 1. The normalized spacial score (nSPS) is 22.4. The summed E-state index contributed by atoms with van der Waals surface area (Å²) in [6, 6.07) is 9.72. The number of nitrogens with zero attached hydrogens (tertiary/aromatic N) is 2. The fourth-order valence-electron chi connectivity index (χ4n) is 3.50. The van der Waals surface area contributed by atoms with E-state index in [1.807, 2.05) is 44.2 Å². The first-order chi connectivity index (χ1) is 14.3. The lowest BCUT2D eigenvalue weighted by Crippen LogP contribution is -2.41. The van der Waals surface area contributed by atoms with Gasteiger partial charge in [-0.1, -0.05) is 55.9 Å². The number of hydrogen-bond acceptors (Lipinski definition) is 6. The van der Waals surface area contributed by atoms with Crippen LogP contribution in [-0.2, 0) is 25.7 Å². The van der Waals surface area contributed by atoms with Crippen LogP contribution in [-0.4, -0.2) is 70.3 Å². The first-order valence-corrected chi connectivity index (χ1v) is 10.9. The first kappa shape index (κ1) is 22.3. The van der Waals surface area contributed by atoms with Crippen molar-refractivity contribution in [3.05, 3.63) is 35.9 Å². The predicted molar refractivity (Wildman–Crippen MR) is 113 cm³/mol. The zero-order valence-corrected chi connectivity index (χ0v) is 18.0. The number of hydrogen-bond donors (Lipinski definition) is 1. The summed E-state index contributed by atoms with van der Waals surface area (Å²) in [5, 5.41) is 0.988. The molecule has 1 aromatic carbocycles. The number of amides is 4. The van der Waals surface area contributed by atoms with Crippen LogP contribution in [0.4, 0.5) is 4.79 Å². The minimum Gasteiger partial charge on any atom is -0.370 e. The molecule has 3 rings (SSSR count). The fourth-order valence-corrected chi connectivity index (χ4v) is 4.30. The second kappa shape index (κ2) is 10.1. The Morgan fingerprint density at radius 3 is 2.57 bits per heavy atom. The molecule has 2 fully saturated rings. The van der Waals surface area contributed by atoms with Gasteiger partial charge in [0.25, 0.3) is 5.24 Å². The van der Waals surface area contributed by atoms with Gasteiger partial charge in [0.1, 0.15) is 5.25 Å². The van der Waals surface area contributed by atoms with Gasteiger partial charge in [-0.15, -0.1) is 0 Å². The third-order valence-corrected chi connectivity index (χ3v) is 5.90. The molecule has 8 nitrogen and oxygen atoms in total. The monoisotopic (exact) mass is 433 g/mol. The van der Waals surface area contributed by atoms with Crippen LogP contribution >= 0.6 is 11.8 Å². The smallest absolute Gasteiger partial charge is 0.286 e. The second-order valence-electron chi connectivity index (χ2n) is 7.97. The predicted octanol–water partition coefficient (Wildman–Crippen LogP) is 1.64. The van der Waals surface area contributed by atoms with Crippen molar-refractivity contribution in [2.45, 2.75) is 38.2 Å². The quantitative estimate of drug-likeness (QED) is 0.702. The van der Waals surface area contributed by atoms with Gasteiger partial charge < -0.3 is 14.5 Å². The standard InChI is InChI=1S/C21H27N3O5S/c1-14(2)9-23-10-16(29-13-15-6-4-3-5-7-15)11-24(12-19(23)26)18(25)8-17-20(27)22-21(28)30-17/h3-7,14,16-17H,8-13H2,1-2H3,(H,22,27,28)/t16-,17+/m0/s1. The highest BCUT2D eigenvalue weighted by Crippen LogP contribution is 2.23. The number of rotatable bonds is 7. The van der Waals surface area contributed by atoms with Crippen LogP contribution in [0, 0.1) is 5.92 Å². The molecule has 0 saturated carbocycles. The molecule has 1 aromatic rings. The summed E-state index contributed by atoms with van der Waals surface area (Å²) in [4.78, 5) is 52.0. The zero-order chi connectivity index (χ0) is 21.7. The van der Waals surface area contributed by atoms with E-state index in [0.717, 1.165) is 17.3 Å². The minimum atomic E-state index is -0.751. The molecule has 2 aliphatic rings. The first-order valence-electron chi connectivity index (χ1n) is 10.0. The van der Waals surface area contributed by atoms with Gasteiger partial charge in [0.2, 0.25) is 17.7 Å². The highest BCUT2D eigenvalue weighted by molar-refractivity contribution is 8.15. The maximum atomic E-state index is 12.8. The number of imide groups is 1. The molecule has 2 atom stereocenters. The SMILES string of the molecule is CC(C)CN1C[C@H](OCc2ccccc2)CN(C(=O)C[C@H]2SC(=O)NC2=O)CC1=O. The summed E-state index contributed by atoms with van der Waals surface area (Å²) in [6.45, 7) is 5.66. The van der Waals surface area contributed by atoms with Gasteiger partial charge >= 0.3 is 0 Å². The maximum absolute atomic E-state index is 12.8. The maximum Gasteiger partial charge on any atom is 0.286 e. The molecule has 0 radical (unpaired) electrons. The Kier molecular flexibility index (Phi) is 7.49. The van der Waals surface area contributed by atoms with Gasteiger partial charge in [0, 0.05) is 26.1 Å². The van der Waals surface area contributed by atoms with E-state index in [-0.39, 0.29) is 43.3 Å². The summed E-state index contributed by atoms with van der Waals surface area (Å²) >= 11 is 0.816. The molecule has 162 valence electrons. The molecule has 2 aliphatic heterocycles. The summed E-state index contributed by atoms with van der Waals surface area (Å²) in [6.07, 6.45) is -0.462. The highest BCUT2D eigenvalue weighted by Gasteiger charge is 2.37. The molecule has 0 spiro atoms. The second-order valence-corrected chi connectivity index (χ2v) is 9.15. The fraction of sp³-hybridized carbons (Fsp3) is 0.524. The van der Waals surface area contributed by atoms with Crippen molar-refractivity contribution < 1.29 is 23.9 Å². The average Bonchev–Trinajstić information content (AvgIpc) is 2.92. The van der Waals surface area contributed by atoms with Crippen molar-refractivity contribution in [3.63, 3.8) is 0 Å². The van der Waals surface area contributed by atoms with E-state index < -0.39 is 16.4 Å². The van der Waals surface area contributed by atoms with E-state index in [2.05, 4.69) is 5.32 Å². The van der Waals surface area contributed by atoms with E-state index in [1.165, 1.54) is 4.90 Å². The van der Waals surface area contributed by atoms with Gasteiger partial charge in [-0.25, -0.2) is 0 Å². The molecule has 0 aliphatic carbocycles. The Hall–Kier alpha value is -2.39. The Labute approximate surface area is 180 Å². The van der Waals surface area contributed by atoms with Crippen LogP contribution in [0.1, 0.15) is 25.8 Å². The third kappa shape index (κ3) is 6.06. The lowest BCUT2D eigenvalue weighted by Gasteiger charge is -2.26. The van der Waals surface area contributed by atoms with E-state index in [4.69, 9.17) is 4.74 Å². The van der Waals surface area contributed by atoms with Gasteiger partial charge in [-0.05, 0) is 11.5 Å². The van der Waals surface area contributed by atoms with E-state index >= 15 is 0 Å². The van der Waals surface area contributed by atoms with Crippen molar-refractivity contribution in [3.8, 4) is 0 Å². The number of carbonyl (C=O) groups is 4. The number of benzene rings is 1. The molecule has 0 aromatic heterocycles. The van der Waals surface area contributed by atoms with Gasteiger partial charge in [0.05, 0.1) is 19.3 Å². The van der Waals surface area contributed by atoms with Crippen LogP contribution in [0.3, 0.4) is 0 Å². The average molecular weight is 434 g/mol. The van der Waals surface area contributed by atoms with Crippen LogP contribution in [0.25, 0.3) is 0 Å².